The zero-order valence-corrected chi connectivity index (χ0v) is 12.6. The molecule has 0 bridgehead atoms. The quantitative estimate of drug-likeness (QED) is 0.822. The van der Waals surface area contributed by atoms with Crippen LogP contribution in [-0.4, -0.2) is 6.54 Å². The lowest BCUT2D eigenvalue weighted by atomic mass is 9.89. The number of halogens is 1. The van der Waals surface area contributed by atoms with Crippen LogP contribution < -0.4 is 5.32 Å². The highest BCUT2D eigenvalue weighted by atomic mass is 19.1. The van der Waals surface area contributed by atoms with Crippen LogP contribution in [0.2, 0.25) is 0 Å². The van der Waals surface area contributed by atoms with Crippen molar-refractivity contribution < 1.29 is 4.39 Å². The van der Waals surface area contributed by atoms with Crippen molar-refractivity contribution in [2.75, 3.05) is 6.54 Å². The maximum Gasteiger partial charge on any atom is 0.127 e. The SMILES string of the molecule is CC.Cc1ccc(CNCC2CCCCC2)c(F)c1. The molecule has 2 heteroatoms. The molecule has 1 N–H and O–H groups in total. The fourth-order valence-electron chi connectivity index (χ4n) is 2.60. The molecule has 1 aliphatic rings. The summed E-state index contributed by atoms with van der Waals surface area (Å²) >= 11 is 0. The molecule has 0 radical (unpaired) electrons. The zero-order chi connectivity index (χ0) is 14.1. The van der Waals surface area contributed by atoms with Crippen LogP contribution in [0.15, 0.2) is 18.2 Å². The third kappa shape index (κ3) is 5.73. The highest BCUT2D eigenvalue weighted by Gasteiger charge is 2.12. The van der Waals surface area contributed by atoms with Crippen LogP contribution in [0.5, 0.6) is 0 Å². The van der Waals surface area contributed by atoms with E-state index in [0.29, 0.717) is 6.54 Å². The summed E-state index contributed by atoms with van der Waals surface area (Å²) in [4.78, 5) is 0. The standard InChI is InChI=1S/C15H22FN.C2H6/c1-12-7-8-14(15(16)9-12)11-17-10-13-5-3-2-4-6-13;1-2/h7-9,13,17H,2-6,10-11H2,1H3;1-2H3. The first-order valence-corrected chi connectivity index (χ1v) is 7.71. The molecular formula is C17H28FN. The van der Waals surface area contributed by atoms with E-state index in [1.165, 1.54) is 32.1 Å². The smallest absolute Gasteiger partial charge is 0.127 e. The third-order valence-electron chi connectivity index (χ3n) is 3.68. The summed E-state index contributed by atoms with van der Waals surface area (Å²) in [6.45, 7) is 7.61. The molecule has 1 aliphatic carbocycles. The maximum absolute atomic E-state index is 13.6. The van der Waals surface area contributed by atoms with Crippen LogP contribution in [0, 0.1) is 18.7 Å². The van der Waals surface area contributed by atoms with E-state index in [2.05, 4.69) is 5.32 Å². The van der Waals surface area contributed by atoms with Crippen LogP contribution in [-0.2, 0) is 6.54 Å². The second kappa shape index (κ2) is 9.08. The average molecular weight is 265 g/mol. The average Bonchev–Trinajstić information content (AvgIpc) is 2.45. The monoisotopic (exact) mass is 265 g/mol. The second-order valence-corrected chi connectivity index (χ2v) is 5.23. The summed E-state index contributed by atoms with van der Waals surface area (Å²) in [5.74, 6) is 0.721. The van der Waals surface area contributed by atoms with Crippen molar-refractivity contribution in [1.82, 2.24) is 5.32 Å². The number of hydrogen-bond acceptors (Lipinski definition) is 1. The van der Waals surface area contributed by atoms with Crippen molar-refractivity contribution in [3.8, 4) is 0 Å². The predicted octanol–water partition coefficient (Wildman–Crippen LogP) is 4.83. The van der Waals surface area contributed by atoms with E-state index >= 15 is 0 Å². The third-order valence-corrected chi connectivity index (χ3v) is 3.68. The number of aryl methyl sites for hydroxylation is 1. The molecule has 0 amide bonds. The topological polar surface area (TPSA) is 12.0 Å². The van der Waals surface area contributed by atoms with E-state index in [4.69, 9.17) is 0 Å². The first-order chi connectivity index (χ1) is 9.25. The second-order valence-electron chi connectivity index (χ2n) is 5.23. The summed E-state index contributed by atoms with van der Waals surface area (Å²) in [6.07, 6.45) is 6.80. The van der Waals surface area contributed by atoms with Gasteiger partial charge >= 0.3 is 0 Å². The van der Waals surface area contributed by atoms with Crippen molar-refractivity contribution in [2.45, 2.75) is 59.4 Å². The van der Waals surface area contributed by atoms with Gasteiger partial charge in [0.1, 0.15) is 5.82 Å². The molecule has 1 aromatic rings. The van der Waals surface area contributed by atoms with Gasteiger partial charge in [-0.3, -0.25) is 0 Å². The summed E-state index contributed by atoms with van der Waals surface area (Å²) in [5.41, 5.74) is 1.77. The summed E-state index contributed by atoms with van der Waals surface area (Å²) in [7, 11) is 0. The lowest BCUT2D eigenvalue weighted by Crippen LogP contribution is -2.24. The lowest BCUT2D eigenvalue weighted by Gasteiger charge is -2.21. The molecule has 1 fully saturated rings. The number of hydrogen-bond donors (Lipinski definition) is 1. The molecule has 0 heterocycles. The minimum Gasteiger partial charge on any atom is -0.312 e. The molecule has 0 aliphatic heterocycles. The molecule has 0 saturated heterocycles. The van der Waals surface area contributed by atoms with Crippen LogP contribution in [0.1, 0.15) is 57.1 Å². The molecule has 0 spiro atoms. The Morgan fingerprint density at radius 3 is 2.47 bits per heavy atom. The highest BCUT2D eigenvalue weighted by Crippen LogP contribution is 2.22. The molecule has 2 rings (SSSR count). The first kappa shape index (κ1) is 16.2. The Kier molecular flexibility index (Phi) is 7.73. The fourth-order valence-corrected chi connectivity index (χ4v) is 2.60. The fraction of sp³-hybridized carbons (Fsp3) is 0.647. The Bertz CT molecular complexity index is 356. The van der Waals surface area contributed by atoms with Crippen molar-refractivity contribution in [3.63, 3.8) is 0 Å². The van der Waals surface area contributed by atoms with Gasteiger partial charge in [-0.25, -0.2) is 4.39 Å². The maximum atomic E-state index is 13.6. The summed E-state index contributed by atoms with van der Waals surface area (Å²) in [5, 5.41) is 3.39. The Hall–Kier alpha value is -0.890. The van der Waals surface area contributed by atoms with Gasteiger partial charge in [-0.1, -0.05) is 45.2 Å². The van der Waals surface area contributed by atoms with Gasteiger partial charge in [-0.05, 0) is 43.9 Å². The molecule has 108 valence electrons. The molecule has 19 heavy (non-hydrogen) atoms. The first-order valence-electron chi connectivity index (χ1n) is 7.71. The molecule has 1 aromatic carbocycles. The largest absolute Gasteiger partial charge is 0.312 e. The Balaban J connectivity index is 0.000000861. The Morgan fingerprint density at radius 2 is 1.84 bits per heavy atom. The van der Waals surface area contributed by atoms with Gasteiger partial charge in [0.2, 0.25) is 0 Å². The normalized spacial score (nSPS) is 15.8. The number of rotatable bonds is 4. The molecule has 1 nitrogen and oxygen atoms in total. The van der Waals surface area contributed by atoms with Crippen LogP contribution in [0.4, 0.5) is 4.39 Å². The summed E-state index contributed by atoms with van der Waals surface area (Å²) < 4.78 is 13.6. The minimum atomic E-state index is -0.0823. The van der Waals surface area contributed by atoms with Gasteiger partial charge in [0.05, 0.1) is 0 Å². The number of benzene rings is 1. The van der Waals surface area contributed by atoms with Gasteiger partial charge in [-0.2, -0.15) is 0 Å². The molecule has 0 aromatic heterocycles. The van der Waals surface area contributed by atoms with E-state index < -0.39 is 0 Å². The highest BCUT2D eigenvalue weighted by molar-refractivity contribution is 5.23. The van der Waals surface area contributed by atoms with Crippen molar-refractivity contribution >= 4 is 0 Å². The van der Waals surface area contributed by atoms with E-state index in [1.807, 2.05) is 32.9 Å². The van der Waals surface area contributed by atoms with E-state index in [9.17, 15) is 4.39 Å². The van der Waals surface area contributed by atoms with Crippen LogP contribution >= 0.6 is 0 Å². The summed E-state index contributed by atoms with van der Waals surface area (Å²) in [6, 6.07) is 5.47. The van der Waals surface area contributed by atoms with Gasteiger partial charge in [0, 0.05) is 12.1 Å². The van der Waals surface area contributed by atoms with E-state index in [-0.39, 0.29) is 5.82 Å². The molecular weight excluding hydrogens is 237 g/mol. The Labute approximate surface area is 117 Å². The zero-order valence-electron chi connectivity index (χ0n) is 12.6. The van der Waals surface area contributed by atoms with Crippen LogP contribution in [0.25, 0.3) is 0 Å². The van der Waals surface area contributed by atoms with Gasteiger partial charge < -0.3 is 5.32 Å². The lowest BCUT2D eigenvalue weighted by molar-refractivity contribution is 0.341. The van der Waals surface area contributed by atoms with Crippen molar-refractivity contribution in [2.24, 2.45) is 5.92 Å². The van der Waals surface area contributed by atoms with E-state index in [1.54, 1.807) is 6.07 Å². The number of nitrogens with one attached hydrogen (secondary N) is 1. The molecule has 0 atom stereocenters. The van der Waals surface area contributed by atoms with Gasteiger partial charge in [0.15, 0.2) is 0 Å². The van der Waals surface area contributed by atoms with Crippen LogP contribution in [0.3, 0.4) is 0 Å². The van der Waals surface area contributed by atoms with E-state index in [0.717, 1.165) is 23.6 Å². The van der Waals surface area contributed by atoms with Crippen molar-refractivity contribution in [1.29, 1.82) is 0 Å². The van der Waals surface area contributed by atoms with Gasteiger partial charge in [-0.15, -0.1) is 0 Å². The predicted molar refractivity (Wildman–Crippen MR) is 80.8 cm³/mol. The van der Waals surface area contributed by atoms with Crippen molar-refractivity contribution in [3.05, 3.63) is 35.1 Å². The molecule has 0 unspecified atom stereocenters. The molecule has 1 saturated carbocycles. The minimum absolute atomic E-state index is 0.0823. The Morgan fingerprint density at radius 1 is 1.16 bits per heavy atom. The van der Waals surface area contributed by atoms with Gasteiger partial charge in [0.25, 0.3) is 0 Å².